The zero-order chi connectivity index (χ0) is 22.0. The molecule has 0 saturated carbocycles. The number of sulfonamides is 1. The second-order valence-electron chi connectivity index (χ2n) is 6.89. The number of para-hydroxylation sites is 1. The van der Waals surface area contributed by atoms with E-state index in [1.54, 1.807) is 12.1 Å². The highest BCUT2D eigenvalue weighted by Gasteiger charge is 2.30. The Morgan fingerprint density at radius 1 is 1.03 bits per heavy atom. The molecule has 3 aromatic rings. The summed E-state index contributed by atoms with van der Waals surface area (Å²) in [5.74, 6) is -1.88. The molecule has 3 aromatic carbocycles. The van der Waals surface area contributed by atoms with Crippen molar-refractivity contribution >= 4 is 27.3 Å². The fraction of sp³-hybridized carbons (Fsp3) is 0.136. The van der Waals surface area contributed by atoms with Crippen LogP contribution in [0, 0.1) is 11.6 Å². The number of carbonyl (C=O) groups is 1. The molecule has 0 bridgehead atoms. The zero-order valence-electron chi connectivity index (χ0n) is 16.2. The number of benzene rings is 3. The summed E-state index contributed by atoms with van der Waals surface area (Å²) >= 11 is 0. The molecule has 6 nitrogen and oxygen atoms in total. The minimum absolute atomic E-state index is 0.0998. The van der Waals surface area contributed by atoms with Crippen molar-refractivity contribution in [2.24, 2.45) is 0 Å². The van der Waals surface area contributed by atoms with Gasteiger partial charge in [-0.3, -0.25) is 9.10 Å². The Balaban J connectivity index is 1.40. The second-order valence-corrected chi connectivity index (χ2v) is 8.75. The first-order valence-electron chi connectivity index (χ1n) is 9.43. The Morgan fingerprint density at radius 3 is 2.55 bits per heavy atom. The summed E-state index contributed by atoms with van der Waals surface area (Å²) < 4.78 is 59.4. The summed E-state index contributed by atoms with van der Waals surface area (Å²) in [5.41, 5.74) is 1.36. The van der Waals surface area contributed by atoms with Gasteiger partial charge in [-0.15, -0.1) is 0 Å². The molecular formula is C22H18F2N2O4S. The molecule has 1 amide bonds. The Labute approximate surface area is 178 Å². The molecule has 1 heterocycles. The van der Waals surface area contributed by atoms with Gasteiger partial charge in [0.1, 0.15) is 17.4 Å². The molecule has 0 saturated heterocycles. The van der Waals surface area contributed by atoms with E-state index in [2.05, 4.69) is 5.32 Å². The van der Waals surface area contributed by atoms with Gasteiger partial charge in [0.15, 0.2) is 6.61 Å². The van der Waals surface area contributed by atoms with Crippen LogP contribution in [0.5, 0.6) is 5.75 Å². The van der Waals surface area contributed by atoms with Crippen LogP contribution in [-0.2, 0) is 21.2 Å². The molecule has 0 atom stereocenters. The van der Waals surface area contributed by atoms with Crippen molar-refractivity contribution < 1.29 is 26.7 Å². The number of nitrogens with one attached hydrogen (secondary N) is 1. The van der Waals surface area contributed by atoms with Gasteiger partial charge in [0.25, 0.3) is 15.9 Å². The monoisotopic (exact) mass is 444 g/mol. The summed E-state index contributed by atoms with van der Waals surface area (Å²) in [6.07, 6.45) is 0.650. The van der Waals surface area contributed by atoms with Crippen molar-refractivity contribution in [1.29, 1.82) is 0 Å². The summed E-state index contributed by atoms with van der Waals surface area (Å²) in [6.45, 7) is -0.0850. The Hall–Kier alpha value is -3.46. The van der Waals surface area contributed by atoms with Crippen LogP contribution in [-0.4, -0.2) is 27.5 Å². The SMILES string of the molecule is O=C(COc1ccc(S(=O)(=O)N2CCc3ccccc32)cc1)Nc1cc(F)ccc1F. The van der Waals surface area contributed by atoms with E-state index in [1.165, 1.54) is 28.6 Å². The van der Waals surface area contributed by atoms with Gasteiger partial charge in [-0.1, -0.05) is 18.2 Å². The molecule has 0 unspecified atom stereocenters. The van der Waals surface area contributed by atoms with E-state index in [4.69, 9.17) is 4.74 Å². The van der Waals surface area contributed by atoms with Gasteiger partial charge in [-0.2, -0.15) is 0 Å². The third kappa shape index (κ3) is 4.36. The molecule has 1 aliphatic heterocycles. The number of carbonyl (C=O) groups excluding carboxylic acids is 1. The number of nitrogens with zero attached hydrogens (tertiary/aromatic N) is 1. The maximum absolute atomic E-state index is 13.6. The van der Waals surface area contributed by atoms with Crippen LogP contribution < -0.4 is 14.4 Å². The first-order chi connectivity index (χ1) is 14.8. The first-order valence-corrected chi connectivity index (χ1v) is 10.9. The molecule has 31 heavy (non-hydrogen) atoms. The van der Waals surface area contributed by atoms with Crippen LogP contribution >= 0.6 is 0 Å². The van der Waals surface area contributed by atoms with Crippen molar-refractivity contribution in [3.8, 4) is 5.75 Å². The molecule has 0 spiro atoms. The molecule has 0 aromatic heterocycles. The van der Waals surface area contributed by atoms with E-state index in [0.717, 1.165) is 23.8 Å². The van der Waals surface area contributed by atoms with Crippen molar-refractivity contribution in [2.75, 3.05) is 22.8 Å². The summed E-state index contributed by atoms with van der Waals surface area (Å²) in [5, 5.41) is 2.22. The van der Waals surface area contributed by atoms with E-state index >= 15 is 0 Å². The van der Waals surface area contributed by atoms with E-state index in [0.29, 0.717) is 18.7 Å². The van der Waals surface area contributed by atoms with Gasteiger partial charge in [0, 0.05) is 12.6 Å². The smallest absolute Gasteiger partial charge is 0.264 e. The van der Waals surface area contributed by atoms with Gasteiger partial charge in [-0.25, -0.2) is 17.2 Å². The molecule has 160 valence electrons. The standard InChI is InChI=1S/C22H18F2N2O4S/c23-16-5-10-19(24)20(13-16)25-22(27)14-30-17-6-8-18(9-7-17)31(28,29)26-12-11-15-3-1-2-4-21(15)26/h1-10,13H,11-12,14H2,(H,25,27). The lowest BCUT2D eigenvalue weighted by molar-refractivity contribution is -0.118. The normalized spacial score (nSPS) is 13.0. The summed E-state index contributed by atoms with van der Waals surface area (Å²) in [6, 6.07) is 15.7. The lowest BCUT2D eigenvalue weighted by Gasteiger charge is -2.19. The number of anilines is 2. The maximum Gasteiger partial charge on any atom is 0.264 e. The van der Waals surface area contributed by atoms with Gasteiger partial charge in [-0.05, 0) is 54.4 Å². The Morgan fingerprint density at radius 2 is 1.77 bits per heavy atom. The average molecular weight is 444 g/mol. The Kier molecular flexibility index (Phi) is 5.60. The lowest BCUT2D eigenvalue weighted by atomic mass is 10.2. The number of hydrogen-bond donors (Lipinski definition) is 1. The minimum atomic E-state index is -3.73. The highest BCUT2D eigenvalue weighted by atomic mass is 32.2. The van der Waals surface area contributed by atoms with Gasteiger partial charge >= 0.3 is 0 Å². The van der Waals surface area contributed by atoms with E-state index in [9.17, 15) is 22.0 Å². The van der Waals surface area contributed by atoms with E-state index in [1.807, 2.05) is 12.1 Å². The quantitative estimate of drug-likeness (QED) is 0.629. The predicted molar refractivity (Wildman–Crippen MR) is 112 cm³/mol. The number of amides is 1. The van der Waals surface area contributed by atoms with Crippen molar-refractivity contribution in [3.05, 3.63) is 83.9 Å². The maximum atomic E-state index is 13.6. The van der Waals surface area contributed by atoms with Crippen LogP contribution in [0.4, 0.5) is 20.2 Å². The van der Waals surface area contributed by atoms with Gasteiger partial charge in [0.2, 0.25) is 0 Å². The third-order valence-corrected chi connectivity index (χ3v) is 6.66. The summed E-state index contributed by atoms with van der Waals surface area (Å²) in [7, 11) is -3.73. The summed E-state index contributed by atoms with van der Waals surface area (Å²) in [4.78, 5) is 12.0. The third-order valence-electron chi connectivity index (χ3n) is 4.83. The average Bonchev–Trinajstić information content (AvgIpc) is 3.20. The number of fused-ring (bicyclic) bond motifs is 1. The van der Waals surface area contributed by atoms with Gasteiger partial charge < -0.3 is 10.1 Å². The highest BCUT2D eigenvalue weighted by Crippen LogP contribution is 2.33. The zero-order valence-corrected chi connectivity index (χ0v) is 17.0. The number of hydrogen-bond acceptors (Lipinski definition) is 4. The number of rotatable bonds is 6. The molecule has 9 heteroatoms. The first kappa shape index (κ1) is 20.8. The lowest BCUT2D eigenvalue weighted by Crippen LogP contribution is -2.29. The van der Waals surface area contributed by atoms with Crippen molar-refractivity contribution in [2.45, 2.75) is 11.3 Å². The molecule has 0 radical (unpaired) electrons. The molecule has 1 N–H and O–H groups in total. The van der Waals surface area contributed by atoms with Gasteiger partial charge in [0.05, 0.1) is 16.3 Å². The van der Waals surface area contributed by atoms with Crippen molar-refractivity contribution in [3.63, 3.8) is 0 Å². The van der Waals surface area contributed by atoms with Crippen molar-refractivity contribution in [1.82, 2.24) is 0 Å². The van der Waals surface area contributed by atoms with Crippen LogP contribution in [0.25, 0.3) is 0 Å². The second kappa shape index (κ2) is 8.35. The van der Waals surface area contributed by atoms with E-state index in [-0.39, 0.29) is 16.3 Å². The fourth-order valence-electron chi connectivity index (χ4n) is 3.32. The van der Waals surface area contributed by atoms with Crippen LogP contribution in [0.1, 0.15) is 5.56 Å². The molecule has 1 aliphatic rings. The molecule has 0 aliphatic carbocycles. The number of ether oxygens (including phenoxy) is 1. The van der Waals surface area contributed by atoms with Crippen LogP contribution in [0.3, 0.4) is 0 Å². The molecular weight excluding hydrogens is 426 g/mol. The number of halogens is 2. The molecule has 0 fully saturated rings. The van der Waals surface area contributed by atoms with Crippen LogP contribution in [0.15, 0.2) is 71.6 Å². The predicted octanol–water partition coefficient (Wildman–Crippen LogP) is 3.73. The fourth-order valence-corrected chi connectivity index (χ4v) is 4.82. The Bertz CT molecular complexity index is 1230. The van der Waals surface area contributed by atoms with Crippen LogP contribution in [0.2, 0.25) is 0 Å². The highest BCUT2D eigenvalue weighted by molar-refractivity contribution is 7.92. The largest absolute Gasteiger partial charge is 0.484 e. The topological polar surface area (TPSA) is 75.7 Å². The minimum Gasteiger partial charge on any atom is -0.484 e. The van der Waals surface area contributed by atoms with E-state index < -0.39 is 34.2 Å². The molecule has 4 rings (SSSR count).